The van der Waals surface area contributed by atoms with Crippen LogP contribution in [0.4, 0.5) is 4.79 Å². The topological polar surface area (TPSA) is 58.6 Å². The van der Waals surface area contributed by atoms with E-state index in [1.165, 1.54) is 4.31 Å². The highest BCUT2D eigenvalue weighted by atomic mass is 32.1. The van der Waals surface area contributed by atoms with Gasteiger partial charge in [0.2, 0.25) is 0 Å². The Bertz CT molecular complexity index is 300. The first-order valence-corrected chi connectivity index (χ1v) is 6.48. The molecule has 1 atom stereocenters. The third-order valence-corrected chi connectivity index (χ3v) is 2.64. The van der Waals surface area contributed by atoms with Crippen molar-refractivity contribution in [1.82, 2.24) is 9.62 Å². The Kier molecular flexibility index (Phi) is 6.52. The van der Waals surface area contributed by atoms with Crippen LogP contribution in [0.25, 0.3) is 0 Å². The van der Waals surface area contributed by atoms with Crippen LogP contribution in [0.1, 0.15) is 41.5 Å². The zero-order valence-corrected chi connectivity index (χ0v) is 12.9. The third kappa shape index (κ3) is 6.14. The maximum absolute atomic E-state index is 12.0. The Morgan fingerprint density at radius 2 is 1.83 bits per heavy atom. The minimum absolute atomic E-state index is 0.0359. The number of carbonyl (C=O) groups excluding carboxylic acids is 2. The van der Waals surface area contributed by atoms with E-state index in [4.69, 9.17) is 4.74 Å². The first kappa shape index (κ1) is 17.1. The highest BCUT2D eigenvalue weighted by Crippen LogP contribution is 2.11. The first-order chi connectivity index (χ1) is 8.08. The molecule has 0 aliphatic rings. The van der Waals surface area contributed by atoms with Gasteiger partial charge >= 0.3 is 6.09 Å². The van der Waals surface area contributed by atoms with Crippen LogP contribution in [0.5, 0.6) is 0 Å². The number of alkyl carbamates (subject to hydrolysis) is 1. The van der Waals surface area contributed by atoms with Gasteiger partial charge in [0.25, 0.3) is 5.91 Å². The molecule has 0 aromatic carbocycles. The van der Waals surface area contributed by atoms with E-state index in [0.29, 0.717) is 6.54 Å². The van der Waals surface area contributed by atoms with Gasteiger partial charge in [-0.15, -0.1) is 0 Å². The number of rotatable bonds is 4. The molecule has 0 spiro atoms. The molecule has 0 radical (unpaired) electrons. The van der Waals surface area contributed by atoms with Crippen LogP contribution in [0, 0.1) is 5.92 Å². The molecule has 0 aliphatic heterocycles. The van der Waals surface area contributed by atoms with Crippen LogP contribution >= 0.6 is 12.8 Å². The third-order valence-electron chi connectivity index (χ3n) is 2.16. The van der Waals surface area contributed by atoms with Crippen LogP contribution in [0.15, 0.2) is 0 Å². The summed E-state index contributed by atoms with van der Waals surface area (Å²) in [4.78, 5) is 23.7. The average Bonchev–Trinajstić information content (AvgIpc) is 2.20. The van der Waals surface area contributed by atoms with Gasteiger partial charge in [0.15, 0.2) is 0 Å². The second-order valence-electron chi connectivity index (χ2n) is 5.42. The summed E-state index contributed by atoms with van der Waals surface area (Å²) >= 11 is 4.06. The monoisotopic (exact) mass is 276 g/mol. The lowest BCUT2D eigenvalue weighted by Crippen LogP contribution is -2.50. The second kappa shape index (κ2) is 6.87. The van der Waals surface area contributed by atoms with Gasteiger partial charge in [-0.05, 0) is 33.6 Å². The van der Waals surface area contributed by atoms with Crippen LogP contribution < -0.4 is 5.32 Å². The van der Waals surface area contributed by atoms with Crippen LogP contribution in [-0.4, -0.2) is 34.5 Å². The number of hydrogen-bond donors (Lipinski definition) is 2. The molecule has 0 bridgehead atoms. The molecule has 1 N–H and O–H groups in total. The number of hydrogen-bond acceptors (Lipinski definition) is 4. The summed E-state index contributed by atoms with van der Waals surface area (Å²) < 4.78 is 6.42. The maximum atomic E-state index is 12.0. The predicted octanol–water partition coefficient (Wildman–Crippen LogP) is 2.23. The molecule has 0 rings (SSSR count). The highest BCUT2D eigenvalue weighted by molar-refractivity contribution is 7.78. The summed E-state index contributed by atoms with van der Waals surface area (Å²) in [5.41, 5.74) is -0.583. The van der Waals surface area contributed by atoms with Crippen LogP contribution in [-0.2, 0) is 9.53 Å². The van der Waals surface area contributed by atoms with Crippen molar-refractivity contribution < 1.29 is 14.3 Å². The molecule has 0 saturated heterocycles. The van der Waals surface area contributed by atoms with E-state index in [9.17, 15) is 9.59 Å². The number of nitrogens with zero attached hydrogens (tertiary/aromatic N) is 1. The molecule has 0 heterocycles. The second-order valence-corrected chi connectivity index (χ2v) is 5.90. The SMILES string of the molecule is CCN(S)C(=O)C(NC(=O)OC(C)(C)C)C(C)C. The Morgan fingerprint density at radius 3 is 2.17 bits per heavy atom. The van der Waals surface area contributed by atoms with Crippen molar-refractivity contribution in [2.45, 2.75) is 53.2 Å². The highest BCUT2D eigenvalue weighted by Gasteiger charge is 2.28. The Morgan fingerprint density at radius 1 is 1.33 bits per heavy atom. The van der Waals surface area contributed by atoms with Gasteiger partial charge in [-0.3, -0.25) is 9.10 Å². The van der Waals surface area contributed by atoms with Crippen molar-refractivity contribution in [2.24, 2.45) is 5.92 Å². The van der Waals surface area contributed by atoms with Crippen molar-refractivity contribution in [2.75, 3.05) is 6.54 Å². The molecule has 0 aromatic rings. The standard InChI is InChI=1S/C12H24N2O3S/c1-7-14(18)10(15)9(8(2)3)13-11(16)17-12(4,5)6/h8-9,18H,7H2,1-6H3,(H,13,16). The summed E-state index contributed by atoms with van der Waals surface area (Å²) in [6.45, 7) is 11.3. The summed E-state index contributed by atoms with van der Waals surface area (Å²) in [5.74, 6) is -0.270. The minimum Gasteiger partial charge on any atom is -0.444 e. The lowest BCUT2D eigenvalue weighted by Gasteiger charge is -2.27. The molecule has 18 heavy (non-hydrogen) atoms. The summed E-state index contributed by atoms with van der Waals surface area (Å²) in [6.07, 6.45) is -0.590. The molecular weight excluding hydrogens is 252 g/mol. The van der Waals surface area contributed by atoms with Gasteiger partial charge in [-0.1, -0.05) is 26.7 Å². The van der Waals surface area contributed by atoms with E-state index in [2.05, 4.69) is 18.1 Å². The fourth-order valence-electron chi connectivity index (χ4n) is 1.26. The van der Waals surface area contributed by atoms with E-state index in [-0.39, 0.29) is 11.8 Å². The fourth-order valence-corrected chi connectivity index (χ4v) is 1.39. The van der Waals surface area contributed by atoms with E-state index in [0.717, 1.165) is 0 Å². The van der Waals surface area contributed by atoms with E-state index >= 15 is 0 Å². The van der Waals surface area contributed by atoms with Crippen molar-refractivity contribution in [3.8, 4) is 0 Å². The van der Waals surface area contributed by atoms with Gasteiger partial charge in [-0.25, -0.2) is 4.79 Å². The van der Waals surface area contributed by atoms with Crippen molar-refractivity contribution >= 4 is 24.8 Å². The largest absolute Gasteiger partial charge is 0.444 e. The lowest BCUT2D eigenvalue weighted by atomic mass is 10.0. The Balaban J connectivity index is 4.65. The minimum atomic E-state index is -0.628. The molecule has 0 aromatic heterocycles. The molecule has 5 nitrogen and oxygen atoms in total. The molecule has 0 fully saturated rings. The maximum Gasteiger partial charge on any atom is 0.408 e. The van der Waals surface area contributed by atoms with E-state index in [1.54, 1.807) is 20.8 Å². The smallest absolute Gasteiger partial charge is 0.408 e. The number of likely N-dealkylation sites (N-methyl/N-ethyl adjacent to an activating group) is 1. The zero-order chi connectivity index (χ0) is 14.5. The lowest BCUT2D eigenvalue weighted by molar-refractivity contribution is -0.129. The molecule has 106 valence electrons. The quantitative estimate of drug-likeness (QED) is 0.774. The van der Waals surface area contributed by atoms with Crippen LogP contribution in [0.3, 0.4) is 0 Å². The normalized spacial score (nSPS) is 13.1. The van der Waals surface area contributed by atoms with Crippen LogP contribution in [0.2, 0.25) is 0 Å². The number of carbonyl (C=O) groups is 2. The molecular formula is C12H24N2O3S. The average molecular weight is 276 g/mol. The van der Waals surface area contributed by atoms with Gasteiger partial charge in [0.05, 0.1) is 0 Å². The number of thiol groups is 1. The van der Waals surface area contributed by atoms with E-state index < -0.39 is 17.7 Å². The Labute approximate surface area is 115 Å². The Hall–Kier alpha value is -0.910. The van der Waals surface area contributed by atoms with Gasteiger partial charge in [0.1, 0.15) is 11.6 Å². The van der Waals surface area contributed by atoms with E-state index in [1.807, 2.05) is 20.8 Å². The molecule has 2 amide bonds. The predicted molar refractivity (Wildman–Crippen MR) is 74.4 cm³/mol. The fraction of sp³-hybridized carbons (Fsp3) is 0.833. The summed E-state index contributed by atoms with van der Waals surface area (Å²) in [6, 6.07) is -0.628. The van der Waals surface area contributed by atoms with Crippen molar-refractivity contribution in [3.05, 3.63) is 0 Å². The molecule has 6 heteroatoms. The zero-order valence-electron chi connectivity index (χ0n) is 12.0. The molecule has 1 unspecified atom stereocenters. The first-order valence-electron chi connectivity index (χ1n) is 6.08. The number of amides is 2. The molecule has 0 saturated carbocycles. The van der Waals surface area contributed by atoms with Gasteiger partial charge < -0.3 is 10.1 Å². The number of ether oxygens (including phenoxy) is 1. The number of nitrogens with one attached hydrogen (secondary N) is 1. The summed E-state index contributed by atoms with van der Waals surface area (Å²) in [7, 11) is 0. The summed E-state index contributed by atoms with van der Waals surface area (Å²) in [5, 5.41) is 2.59. The van der Waals surface area contributed by atoms with Crippen molar-refractivity contribution in [1.29, 1.82) is 0 Å². The van der Waals surface area contributed by atoms with Crippen molar-refractivity contribution in [3.63, 3.8) is 0 Å². The van der Waals surface area contributed by atoms with Gasteiger partial charge in [0, 0.05) is 6.54 Å². The van der Waals surface area contributed by atoms with Gasteiger partial charge in [-0.2, -0.15) is 0 Å². The molecule has 0 aliphatic carbocycles.